The number of nitrogens with zero attached hydrogens (tertiary/aromatic N) is 11. The van der Waals surface area contributed by atoms with E-state index in [1.807, 2.05) is 68.4 Å². The van der Waals surface area contributed by atoms with E-state index in [0.29, 0.717) is 121 Å². The zero-order chi connectivity index (χ0) is 72.1. The molecule has 0 radical (unpaired) electrons. The monoisotopic (exact) mass is 1450 g/mol. The SMILES string of the molecule is COc1ccc(C2=N[C@@H](c3ccc(Cl)cc3)[C@@H](c3ccc(Cl)cc3)N2C(=O)N2CCN(CC(=O)NCCCN3C[C@@H]4CN(CC(=O)NCc5cccc(CNc6cc(N7CCC8(CC7)CN(c7cc(F)c(CN9CCC(C)(C)CC9)cc7F)CC(=O)N8)ncn6)c5)C[C@@H]4C3)C(=O)C2)c(OC(C)C)c1. The molecular formula is C77H93Cl2F2N15O7. The van der Waals surface area contributed by atoms with Gasteiger partial charge in [-0.2, -0.15) is 0 Å². The summed E-state index contributed by atoms with van der Waals surface area (Å²) in [5, 5.41) is 13.9. The Balaban J connectivity index is 0.521. The topological polar surface area (TPSA) is 216 Å². The van der Waals surface area contributed by atoms with Gasteiger partial charge in [0.05, 0.1) is 55.7 Å². The summed E-state index contributed by atoms with van der Waals surface area (Å²) < 4.78 is 43.4. The van der Waals surface area contributed by atoms with Gasteiger partial charge in [-0.05, 0) is 148 Å². The van der Waals surface area contributed by atoms with Crippen molar-refractivity contribution in [3.63, 3.8) is 0 Å². The summed E-state index contributed by atoms with van der Waals surface area (Å²) in [5.74, 6) is 1.92. The van der Waals surface area contributed by atoms with Gasteiger partial charge in [0, 0.05) is 119 Å². The largest absolute Gasteiger partial charge is 0.497 e. The molecule has 26 heteroatoms. The van der Waals surface area contributed by atoms with E-state index >= 15 is 13.6 Å². The maximum atomic E-state index is 15.8. The zero-order valence-electron chi connectivity index (χ0n) is 59.3. The molecule has 1 aromatic heterocycles. The van der Waals surface area contributed by atoms with Crippen LogP contribution in [0.1, 0.15) is 105 Å². The van der Waals surface area contributed by atoms with Gasteiger partial charge in [-0.3, -0.25) is 38.9 Å². The van der Waals surface area contributed by atoms with E-state index in [0.717, 1.165) is 93.1 Å². The minimum atomic E-state index is -0.654. The number of anilines is 3. The molecule has 6 fully saturated rings. The zero-order valence-corrected chi connectivity index (χ0v) is 60.8. The molecule has 6 amide bonds. The molecule has 5 aromatic carbocycles. The Morgan fingerprint density at radius 2 is 1.40 bits per heavy atom. The number of carbonyl (C=O) groups excluding carboxylic acids is 5. The van der Waals surface area contributed by atoms with Crippen molar-refractivity contribution in [1.82, 2.24) is 55.3 Å². The maximum Gasteiger partial charge on any atom is 0.326 e. The molecule has 22 nitrogen and oxygen atoms in total. The lowest BCUT2D eigenvalue weighted by Crippen LogP contribution is -2.66. The highest BCUT2D eigenvalue weighted by atomic mass is 35.5. The molecule has 103 heavy (non-hydrogen) atoms. The van der Waals surface area contributed by atoms with Crippen LogP contribution in [0.15, 0.2) is 121 Å². The van der Waals surface area contributed by atoms with Gasteiger partial charge < -0.3 is 55.2 Å². The van der Waals surface area contributed by atoms with Crippen LogP contribution < -0.4 is 40.5 Å². The van der Waals surface area contributed by atoms with E-state index in [2.05, 4.69) is 70.7 Å². The van der Waals surface area contributed by atoms with Crippen molar-refractivity contribution in [3.8, 4) is 11.5 Å². The van der Waals surface area contributed by atoms with Crippen LogP contribution in [0.4, 0.5) is 30.9 Å². The van der Waals surface area contributed by atoms with Crippen LogP contribution in [0.2, 0.25) is 10.0 Å². The van der Waals surface area contributed by atoms with Crippen LogP contribution in [0.25, 0.3) is 0 Å². The summed E-state index contributed by atoms with van der Waals surface area (Å²) in [6, 6.07) is 31.0. The predicted octanol–water partition coefficient (Wildman–Crippen LogP) is 9.56. The number of fused-ring (bicyclic) bond motifs is 1. The lowest BCUT2D eigenvalue weighted by atomic mass is 9.82. The molecule has 0 aliphatic carbocycles. The van der Waals surface area contributed by atoms with E-state index in [1.165, 1.54) is 28.3 Å². The molecule has 0 unspecified atom stereocenters. The fourth-order valence-corrected chi connectivity index (χ4v) is 15.9. The molecule has 6 aromatic rings. The first kappa shape index (κ1) is 72.7. The molecule has 8 heterocycles. The van der Waals surface area contributed by atoms with Crippen molar-refractivity contribution < 1.29 is 42.2 Å². The number of benzene rings is 5. The Hall–Kier alpha value is -8.68. The van der Waals surface area contributed by atoms with Gasteiger partial charge >= 0.3 is 6.03 Å². The van der Waals surface area contributed by atoms with Crippen molar-refractivity contribution in [3.05, 3.63) is 171 Å². The third-order valence-electron chi connectivity index (χ3n) is 21.3. The van der Waals surface area contributed by atoms with E-state index in [4.69, 9.17) is 37.7 Å². The highest BCUT2D eigenvalue weighted by molar-refractivity contribution is 6.30. The van der Waals surface area contributed by atoms with E-state index in [9.17, 15) is 19.2 Å². The van der Waals surface area contributed by atoms with Gasteiger partial charge in [0.25, 0.3) is 0 Å². The number of amides is 6. The number of hydrogen-bond donors (Lipinski definition) is 4. The van der Waals surface area contributed by atoms with Gasteiger partial charge in [0.2, 0.25) is 23.6 Å². The standard InChI is InChI=1S/C77H93Cl2F2N15O7/c1-50(2)103-65-34-60(102-5)18-19-61(65)74-87-72(53-10-14-58(78)15-11-53)73(54-12-16-59(79)17-13-54)96(74)75(101)94-31-30-93(71(100)47-94)45-69(98)82-24-7-25-90-40-56-42-91(43-57(56)41-90)44-68(97)84-38-52-9-6-8-51(32-52)37-83-66-36-67(86-49-85-66)92-28-22-77(23-29-92)48-95(46-70(99)88-77)64-35-62(80)55(33-63(64)81)39-89-26-20-76(3,4)21-27-89/h6,8-19,32-36,49-50,56-57,72-73H,7,20-31,37-48H2,1-5H3,(H,82,98)(H,84,97)(H,88,99)(H,83,85,86)/t56-,57+,72-,73+/m0/s1. The van der Waals surface area contributed by atoms with Crippen molar-refractivity contribution in [2.45, 2.75) is 103 Å². The quantitative estimate of drug-likeness (QED) is 0.0440. The lowest BCUT2D eigenvalue weighted by Gasteiger charge is -2.48. The second-order valence-corrected chi connectivity index (χ2v) is 30.6. The average molecular weight is 1450 g/mol. The first-order valence-electron chi connectivity index (χ1n) is 36.0. The van der Waals surface area contributed by atoms with Gasteiger partial charge in [0.15, 0.2) is 0 Å². The molecule has 546 valence electrons. The number of aliphatic imine (C=N–C) groups is 1. The molecule has 13 rings (SSSR count). The van der Waals surface area contributed by atoms with Crippen molar-refractivity contribution in [2.24, 2.45) is 22.2 Å². The number of aromatic nitrogens is 2. The van der Waals surface area contributed by atoms with Crippen LogP contribution in [0.5, 0.6) is 11.5 Å². The number of ether oxygens (including phenoxy) is 2. The number of hydrogen-bond acceptors (Lipinski definition) is 16. The Kier molecular flexibility index (Phi) is 22.4. The predicted molar refractivity (Wildman–Crippen MR) is 393 cm³/mol. The molecular weight excluding hydrogens is 1360 g/mol. The van der Waals surface area contributed by atoms with Crippen LogP contribution >= 0.6 is 23.2 Å². The number of rotatable bonds is 23. The number of urea groups is 1. The minimum Gasteiger partial charge on any atom is -0.497 e. The Bertz CT molecular complexity index is 4080. The van der Waals surface area contributed by atoms with Crippen LogP contribution in [0, 0.1) is 28.9 Å². The number of halogens is 4. The van der Waals surface area contributed by atoms with Gasteiger partial charge in [-0.1, -0.05) is 85.6 Å². The second kappa shape index (κ2) is 31.7. The maximum absolute atomic E-state index is 15.8. The summed E-state index contributed by atoms with van der Waals surface area (Å²) >= 11 is 12.8. The molecule has 4 atom stereocenters. The molecule has 0 saturated carbocycles. The average Bonchev–Trinajstić information content (AvgIpc) is 1.63. The normalized spacial score (nSPS) is 21.4. The number of likely N-dealkylation sites (tertiary alicyclic amines) is 3. The number of piperazine rings is 2. The molecule has 7 aliphatic rings. The van der Waals surface area contributed by atoms with Crippen LogP contribution in [-0.4, -0.2) is 205 Å². The van der Waals surface area contributed by atoms with Crippen molar-refractivity contribution in [1.29, 1.82) is 0 Å². The molecule has 6 saturated heterocycles. The minimum absolute atomic E-state index is 0.0227. The first-order valence-corrected chi connectivity index (χ1v) is 36.8. The van der Waals surface area contributed by atoms with Crippen molar-refractivity contribution >= 4 is 76.0 Å². The van der Waals surface area contributed by atoms with Gasteiger partial charge in [-0.25, -0.2) is 23.5 Å². The number of carbonyl (C=O) groups is 5. The number of nitrogens with one attached hydrogen (secondary N) is 4. The molecule has 0 bridgehead atoms. The smallest absolute Gasteiger partial charge is 0.326 e. The second-order valence-electron chi connectivity index (χ2n) is 29.8. The van der Waals surface area contributed by atoms with E-state index < -0.39 is 35.3 Å². The van der Waals surface area contributed by atoms with Crippen LogP contribution in [0.3, 0.4) is 0 Å². The third kappa shape index (κ3) is 17.6. The molecule has 1 spiro atoms. The van der Waals surface area contributed by atoms with E-state index in [-0.39, 0.29) is 73.6 Å². The third-order valence-corrected chi connectivity index (χ3v) is 21.8. The summed E-state index contributed by atoms with van der Waals surface area (Å²) in [7, 11) is 1.58. The van der Waals surface area contributed by atoms with Crippen LogP contribution in [-0.2, 0) is 38.8 Å². The molecule has 4 N–H and O–H groups in total. The number of methoxy groups -OCH3 is 1. The lowest BCUT2D eigenvalue weighted by molar-refractivity contribution is -0.139. The Labute approximate surface area is 611 Å². The highest BCUT2D eigenvalue weighted by Crippen LogP contribution is 2.47. The van der Waals surface area contributed by atoms with Gasteiger partial charge in [0.1, 0.15) is 59.5 Å². The molecule has 7 aliphatic heterocycles. The Morgan fingerprint density at radius 3 is 2.10 bits per heavy atom. The summed E-state index contributed by atoms with van der Waals surface area (Å²) in [6.07, 6.45) is 5.28. The number of piperidine rings is 2. The summed E-state index contributed by atoms with van der Waals surface area (Å²) in [4.78, 5) is 98.8. The van der Waals surface area contributed by atoms with E-state index in [1.54, 1.807) is 53.3 Å². The van der Waals surface area contributed by atoms with Gasteiger partial charge in [-0.15, -0.1) is 0 Å². The fraction of sp³-hybridized carbons (Fsp3) is 0.481. The van der Waals surface area contributed by atoms with Crippen molar-refractivity contribution in [2.75, 3.05) is 133 Å². The number of amidine groups is 1. The fourth-order valence-electron chi connectivity index (χ4n) is 15.7. The first-order chi connectivity index (χ1) is 49.6. The highest BCUT2D eigenvalue weighted by Gasteiger charge is 2.47. The summed E-state index contributed by atoms with van der Waals surface area (Å²) in [6.45, 7) is 17.9. The summed E-state index contributed by atoms with van der Waals surface area (Å²) in [5.41, 5.74) is 4.29. The Morgan fingerprint density at radius 1 is 0.709 bits per heavy atom.